The van der Waals surface area contributed by atoms with Gasteiger partial charge in [-0.1, -0.05) is 34.6 Å². The number of likely N-dealkylation sites (N-methyl/N-ethyl adjacent to an activating group) is 1. The van der Waals surface area contributed by atoms with E-state index >= 15 is 0 Å². The van der Waals surface area contributed by atoms with Crippen LogP contribution in [-0.2, 0) is 0 Å². The van der Waals surface area contributed by atoms with Gasteiger partial charge >= 0.3 is 0 Å². The van der Waals surface area contributed by atoms with Gasteiger partial charge < -0.3 is 10.2 Å². The average molecular weight is 226 g/mol. The fraction of sp³-hybridized carbons (Fsp3) is 1.00. The Labute approximate surface area is 102 Å². The molecule has 3 atom stereocenters. The Morgan fingerprint density at radius 2 is 1.75 bits per heavy atom. The van der Waals surface area contributed by atoms with Crippen LogP contribution in [0.15, 0.2) is 0 Å². The maximum atomic E-state index is 3.62. The fourth-order valence-electron chi connectivity index (χ4n) is 2.99. The van der Waals surface area contributed by atoms with Crippen molar-refractivity contribution in [1.82, 2.24) is 10.2 Å². The molecule has 2 nitrogen and oxygen atoms in total. The SMILES string of the molecule is CCNC(CN1CC(C)CC(C)C1)C(C)C. The van der Waals surface area contributed by atoms with E-state index in [1.165, 1.54) is 26.1 Å². The van der Waals surface area contributed by atoms with Crippen LogP contribution in [0.3, 0.4) is 0 Å². The Kier molecular flexibility index (Phi) is 5.77. The zero-order valence-electron chi connectivity index (χ0n) is 11.8. The first kappa shape index (κ1) is 14.0. The van der Waals surface area contributed by atoms with Crippen molar-refractivity contribution in [3.8, 4) is 0 Å². The summed E-state index contributed by atoms with van der Waals surface area (Å²) in [4.78, 5) is 2.66. The second kappa shape index (κ2) is 6.61. The molecule has 0 saturated carbocycles. The number of nitrogens with zero attached hydrogens (tertiary/aromatic N) is 1. The van der Waals surface area contributed by atoms with Crippen molar-refractivity contribution < 1.29 is 0 Å². The summed E-state index contributed by atoms with van der Waals surface area (Å²) in [6, 6.07) is 0.655. The number of rotatable bonds is 5. The van der Waals surface area contributed by atoms with E-state index in [1.54, 1.807) is 0 Å². The predicted molar refractivity (Wildman–Crippen MR) is 71.7 cm³/mol. The van der Waals surface area contributed by atoms with Gasteiger partial charge in [0.15, 0.2) is 0 Å². The molecule has 0 aromatic carbocycles. The first-order valence-electron chi connectivity index (χ1n) is 6.98. The van der Waals surface area contributed by atoms with Crippen LogP contribution in [0.4, 0.5) is 0 Å². The van der Waals surface area contributed by atoms with Crippen LogP contribution in [-0.4, -0.2) is 37.1 Å². The lowest BCUT2D eigenvalue weighted by molar-refractivity contribution is 0.120. The van der Waals surface area contributed by atoms with Crippen LogP contribution in [0, 0.1) is 17.8 Å². The van der Waals surface area contributed by atoms with E-state index in [4.69, 9.17) is 0 Å². The molecule has 0 amide bonds. The summed E-state index contributed by atoms with van der Waals surface area (Å²) in [7, 11) is 0. The molecule has 16 heavy (non-hydrogen) atoms. The molecule has 1 rings (SSSR count). The van der Waals surface area contributed by atoms with Gasteiger partial charge in [-0.25, -0.2) is 0 Å². The number of hydrogen-bond acceptors (Lipinski definition) is 2. The Bertz CT molecular complexity index is 181. The second-order valence-corrected chi connectivity index (χ2v) is 6.07. The van der Waals surface area contributed by atoms with Crippen LogP contribution < -0.4 is 5.32 Å². The minimum Gasteiger partial charge on any atom is -0.313 e. The first-order valence-corrected chi connectivity index (χ1v) is 6.98. The Morgan fingerprint density at radius 1 is 1.19 bits per heavy atom. The molecule has 2 heteroatoms. The monoisotopic (exact) mass is 226 g/mol. The molecular weight excluding hydrogens is 196 g/mol. The van der Waals surface area contributed by atoms with E-state index in [0.717, 1.165) is 24.3 Å². The zero-order chi connectivity index (χ0) is 12.1. The van der Waals surface area contributed by atoms with Crippen LogP contribution >= 0.6 is 0 Å². The van der Waals surface area contributed by atoms with Gasteiger partial charge in [0, 0.05) is 25.7 Å². The molecular formula is C14H30N2. The standard InChI is InChI=1S/C14H30N2/c1-6-15-14(11(2)3)10-16-8-12(4)7-13(5)9-16/h11-15H,6-10H2,1-5H3. The van der Waals surface area contributed by atoms with Crippen molar-refractivity contribution in [2.45, 2.75) is 47.1 Å². The Morgan fingerprint density at radius 3 is 2.19 bits per heavy atom. The lowest BCUT2D eigenvalue weighted by Gasteiger charge is -2.38. The van der Waals surface area contributed by atoms with E-state index in [-0.39, 0.29) is 0 Å². The summed E-state index contributed by atoms with van der Waals surface area (Å²) in [5.74, 6) is 2.48. The molecule has 0 aromatic heterocycles. The van der Waals surface area contributed by atoms with Gasteiger partial charge in [-0.2, -0.15) is 0 Å². The Hall–Kier alpha value is -0.0800. The lowest BCUT2D eigenvalue weighted by Crippen LogP contribution is -2.48. The Balaban J connectivity index is 2.43. The fourth-order valence-corrected chi connectivity index (χ4v) is 2.99. The molecule has 1 fully saturated rings. The summed E-state index contributed by atoms with van der Waals surface area (Å²) in [5, 5.41) is 3.62. The van der Waals surface area contributed by atoms with Gasteiger partial charge in [-0.05, 0) is 30.7 Å². The van der Waals surface area contributed by atoms with E-state index in [0.29, 0.717) is 6.04 Å². The maximum Gasteiger partial charge on any atom is 0.0217 e. The van der Waals surface area contributed by atoms with Crippen molar-refractivity contribution in [2.75, 3.05) is 26.2 Å². The largest absolute Gasteiger partial charge is 0.313 e. The number of likely N-dealkylation sites (tertiary alicyclic amines) is 1. The quantitative estimate of drug-likeness (QED) is 0.775. The number of piperidine rings is 1. The van der Waals surface area contributed by atoms with Crippen LogP contribution in [0.2, 0.25) is 0 Å². The molecule has 1 N–H and O–H groups in total. The molecule has 96 valence electrons. The van der Waals surface area contributed by atoms with Gasteiger partial charge in [-0.15, -0.1) is 0 Å². The third-order valence-corrected chi connectivity index (χ3v) is 3.67. The van der Waals surface area contributed by atoms with Gasteiger partial charge in [-0.3, -0.25) is 0 Å². The molecule has 1 saturated heterocycles. The zero-order valence-corrected chi connectivity index (χ0v) is 11.8. The lowest BCUT2D eigenvalue weighted by atomic mass is 9.91. The van der Waals surface area contributed by atoms with Crippen LogP contribution in [0.25, 0.3) is 0 Å². The van der Waals surface area contributed by atoms with Crippen molar-refractivity contribution in [3.05, 3.63) is 0 Å². The highest BCUT2D eigenvalue weighted by Crippen LogP contribution is 2.21. The van der Waals surface area contributed by atoms with E-state index in [1.807, 2.05) is 0 Å². The second-order valence-electron chi connectivity index (χ2n) is 6.07. The topological polar surface area (TPSA) is 15.3 Å². The predicted octanol–water partition coefficient (Wildman–Crippen LogP) is 2.60. The number of hydrogen-bond donors (Lipinski definition) is 1. The smallest absolute Gasteiger partial charge is 0.0217 e. The molecule has 1 aliphatic heterocycles. The van der Waals surface area contributed by atoms with E-state index in [9.17, 15) is 0 Å². The molecule has 0 bridgehead atoms. The highest BCUT2D eigenvalue weighted by Gasteiger charge is 2.24. The minimum atomic E-state index is 0.655. The summed E-state index contributed by atoms with van der Waals surface area (Å²) < 4.78 is 0. The molecule has 1 heterocycles. The van der Waals surface area contributed by atoms with Crippen molar-refractivity contribution >= 4 is 0 Å². The minimum absolute atomic E-state index is 0.655. The van der Waals surface area contributed by atoms with Crippen molar-refractivity contribution in [1.29, 1.82) is 0 Å². The van der Waals surface area contributed by atoms with E-state index < -0.39 is 0 Å². The van der Waals surface area contributed by atoms with E-state index in [2.05, 4.69) is 44.8 Å². The average Bonchev–Trinajstić information content (AvgIpc) is 2.15. The summed E-state index contributed by atoms with van der Waals surface area (Å²) in [6.45, 7) is 16.5. The first-order chi connectivity index (χ1) is 7.52. The molecule has 0 radical (unpaired) electrons. The maximum absolute atomic E-state index is 3.62. The van der Waals surface area contributed by atoms with Gasteiger partial charge in [0.1, 0.15) is 0 Å². The normalized spacial score (nSPS) is 29.6. The third kappa shape index (κ3) is 4.42. The van der Waals surface area contributed by atoms with Crippen LogP contribution in [0.5, 0.6) is 0 Å². The number of nitrogens with one attached hydrogen (secondary N) is 1. The van der Waals surface area contributed by atoms with Gasteiger partial charge in [0.2, 0.25) is 0 Å². The highest BCUT2D eigenvalue weighted by atomic mass is 15.2. The molecule has 0 spiro atoms. The van der Waals surface area contributed by atoms with Crippen molar-refractivity contribution in [3.63, 3.8) is 0 Å². The molecule has 0 aliphatic carbocycles. The van der Waals surface area contributed by atoms with Crippen LogP contribution in [0.1, 0.15) is 41.0 Å². The molecule has 1 aliphatic rings. The molecule has 3 unspecified atom stereocenters. The summed E-state index contributed by atoms with van der Waals surface area (Å²) in [5.41, 5.74) is 0. The third-order valence-electron chi connectivity index (χ3n) is 3.67. The molecule has 0 aromatic rings. The van der Waals surface area contributed by atoms with Crippen molar-refractivity contribution in [2.24, 2.45) is 17.8 Å². The summed E-state index contributed by atoms with van der Waals surface area (Å²) in [6.07, 6.45) is 1.41. The van der Waals surface area contributed by atoms with Gasteiger partial charge in [0.05, 0.1) is 0 Å². The summed E-state index contributed by atoms with van der Waals surface area (Å²) >= 11 is 0. The highest BCUT2D eigenvalue weighted by molar-refractivity contribution is 4.80. The van der Waals surface area contributed by atoms with Gasteiger partial charge in [0.25, 0.3) is 0 Å².